The van der Waals surface area contributed by atoms with Crippen LogP contribution in [0.1, 0.15) is 18.2 Å². The lowest BCUT2D eigenvalue weighted by Gasteiger charge is -2.11. The van der Waals surface area contributed by atoms with Gasteiger partial charge in [0.25, 0.3) is 0 Å². The Morgan fingerprint density at radius 2 is 2.11 bits per heavy atom. The molecule has 6 heteroatoms. The summed E-state index contributed by atoms with van der Waals surface area (Å²) in [6.45, 7) is 3.99. The third kappa shape index (κ3) is 2.63. The Kier molecular flexibility index (Phi) is 3.91. The predicted molar refractivity (Wildman–Crippen MR) is 73.7 cm³/mol. The van der Waals surface area contributed by atoms with Crippen molar-refractivity contribution in [3.8, 4) is 17.3 Å². The van der Waals surface area contributed by atoms with E-state index in [9.17, 15) is 0 Å². The lowest BCUT2D eigenvalue weighted by molar-refractivity contribution is 0.398. The lowest BCUT2D eigenvalue weighted by atomic mass is 10.1. The van der Waals surface area contributed by atoms with Crippen LogP contribution in [0.5, 0.6) is 5.88 Å². The van der Waals surface area contributed by atoms with Crippen molar-refractivity contribution in [2.45, 2.75) is 20.3 Å². The minimum absolute atomic E-state index is 0.558. The zero-order valence-corrected chi connectivity index (χ0v) is 11.3. The largest absolute Gasteiger partial charge is 0.481 e. The maximum Gasteiger partial charge on any atom is 0.212 e. The van der Waals surface area contributed by atoms with Gasteiger partial charge in [0.05, 0.1) is 7.11 Å². The van der Waals surface area contributed by atoms with Gasteiger partial charge in [-0.25, -0.2) is 20.8 Å². The molecule has 100 valence electrons. The molecule has 0 atom stereocenters. The monoisotopic (exact) mass is 259 g/mol. The zero-order chi connectivity index (χ0) is 13.8. The van der Waals surface area contributed by atoms with Crippen molar-refractivity contribution in [1.29, 1.82) is 0 Å². The number of anilines is 1. The van der Waals surface area contributed by atoms with E-state index in [-0.39, 0.29) is 0 Å². The standard InChI is InChI=1S/C13H17N5O/c1-4-10-8(2)16-12(17-13(10)18-14)9-5-6-11(19-3)15-7-9/h5-7H,4,14H2,1-3H3,(H,16,17,18). The van der Waals surface area contributed by atoms with E-state index in [1.54, 1.807) is 19.4 Å². The van der Waals surface area contributed by atoms with Crippen molar-refractivity contribution >= 4 is 5.82 Å². The molecule has 0 bridgehead atoms. The quantitative estimate of drug-likeness (QED) is 0.642. The minimum atomic E-state index is 0.558. The topological polar surface area (TPSA) is 86.0 Å². The van der Waals surface area contributed by atoms with Crippen LogP contribution in [0.4, 0.5) is 5.82 Å². The van der Waals surface area contributed by atoms with Crippen LogP contribution in [0.3, 0.4) is 0 Å². The van der Waals surface area contributed by atoms with Gasteiger partial charge >= 0.3 is 0 Å². The lowest BCUT2D eigenvalue weighted by Crippen LogP contribution is -2.13. The molecular weight excluding hydrogens is 242 g/mol. The highest BCUT2D eigenvalue weighted by Crippen LogP contribution is 2.22. The number of nitrogen functional groups attached to an aromatic ring is 1. The summed E-state index contributed by atoms with van der Waals surface area (Å²) in [5, 5.41) is 0. The Morgan fingerprint density at radius 1 is 1.32 bits per heavy atom. The van der Waals surface area contributed by atoms with Crippen molar-refractivity contribution in [3.63, 3.8) is 0 Å². The van der Waals surface area contributed by atoms with Gasteiger partial charge in [-0.05, 0) is 19.4 Å². The fraction of sp³-hybridized carbons (Fsp3) is 0.308. The highest BCUT2D eigenvalue weighted by atomic mass is 16.5. The number of aryl methyl sites for hydroxylation is 1. The smallest absolute Gasteiger partial charge is 0.212 e. The number of aromatic nitrogens is 3. The fourth-order valence-corrected chi connectivity index (χ4v) is 1.90. The van der Waals surface area contributed by atoms with Gasteiger partial charge in [0.1, 0.15) is 5.82 Å². The van der Waals surface area contributed by atoms with E-state index in [0.717, 1.165) is 23.2 Å². The molecule has 0 spiro atoms. The number of hydrogen-bond acceptors (Lipinski definition) is 6. The summed E-state index contributed by atoms with van der Waals surface area (Å²) in [6.07, 6.45) is 2.51. The molecule has 0 fully saturated rings. The summed E-state index contributed by atoms with van der Waals surface area (Å²) >= 11 is 0. The molecule has 19 heavy (non-hydrogen) atoms. The molecule has 0 saturated heterocycles. The Hall–Kier alpha value is -2.21. The molecule has 0 unspecified atom stereocenters. The average molecular weight is 259 g/mol. The number of rotatable bonds is 4. The van der Waals surface area contributed by atoms with Gasteiger partial charge in [0.2, 0.25) is 5.88 Å². The SMILES string of the molecule is CCc1c(C)nc(-c2ccc(OC)nc2)nc1NN. The van der Waals surface area contributed by atoms with Gasteiger partial charge in [-0.1, -0.05) is 6.92 Å². The van der Waals surface area contributed by atoms with Gasteiger partial charge in [0.15, 0.2) is 5.82 Å². The number of methoxy groups -OCH3 is 1. The summed E-state index contributed by atoms with van der Waals surface area (Å²) in [5.41, 5.74) is 5.38. The Bertz CT molecular complexity index is 568. The summed E-state index contributed by atoms with van der Waals surface area (Å²) in [6, 6.07) is 3.64. The molecule has 0 aliphatic rings. The molecule has 2 aromatic heterocycles. The van der Waals surface area contributed by atoms with Gasteiger partial charge in [-0.2, -0.15) is 0 Å². The Morgan fingerprint density at radius 3 is 2.63 bits per heavy atom. The molecule has 0 aliphatic carbocycles. The summed E-state index contributed by atoms with van der Waals surface area (Å²) in [7, 11) is 1.58. The van der Waals surface area contributed by atoms with Crippen LogP contribution in [0, 0.1) is 6.92 Å². The van der Waals surface area contributed by atoms with Gasteiger partial charge in [-0.3, -0.25) is 0 Å². The Balaban J connectivity index is 2.47. The summed E-state index contributed by atoms with van der Waals surface area (Å²) in [5.74, 6) is 7.32. The first-order valence-corrected chi connectivity index (χ1v) is 6.04. The predicted octanol–water partition coefficient (Wildman–Crippen LogP) is 1.70. The second-order valence-corrected chi connectivity index (χ2v) is 4.05. The molecule has 2 rings (SSSR count). The minimum Gasteiger partial charge on any atom is -0.481 e. The van der Waals surface area contributed by atoms with Crippen LogP contribution in [-0.2, 0) is 6.42 Å². The third-order valence-corrected chi connectivity index (χ3v) is 2.91. The second kappa shape index (κ2) is 5.62. The number of pyridine rings is 1. The van der Waals surface area contributed by atoms with E-state index < -0.39 is 0 Å². The molecular formula is C13H17N5O. The average Bonchev–Trinajstić information content (AvgIpc) is 2.46. The molecule has 0 aromatic carbocycles. The molecule has 2 heterocycles. The first kappa shape index (κ1) is 13.2. The van der Waals surface area contributed by atoms with E-state index in [2.05, 4.69) is 20.4 Å². The number of nitrogens with one attached hydrogen (secondary N) is 1. The molecule has 3 N–H and O–H groups in total. The highest BCUT2D eigenvalue weighted by molar-refractivity contribution is 5.59. The molecule has 0 saturated carbocycles. The van der Waals surface area contributed by atoms with Crippen LogP contribution in [0.2, 0.25) is 0 Å². The number of hydrazine groups is 1. The number of nitrogens with zero attached hydrogens (tertiary/aromatic N) is 3. The summed E-state index contributed by atoms with van der Waals surface area (Å²) < 4.78 is 5.03. The zero-order valence-electron chi connectivity index (χ0n) is 11.3. The van der Waals surface area contributed by atoms with Gasteiger partial charge in [0, 0.05) is 29.1 Å². The number of ether oxygens (including phenoxy) is 1. The number of hydrogen-bond donors (Lipinski definition) is 2. The van der Waals surface area contributed by atoms with Crippen molar-refractivity contribution < 1.29 is 4.74 Å². The molecule has 0 aliphatic heterocycles. The van der Waals surface area contributed by atoms with E-state index >= 15 is 0 Å². The van der Waals surface area contributed by atoms with Crippen LogP contribution >= 0.6 is 0 Å². The van der Waals surface area contributed by atoms with Crippen molar-refractivity contribution in [2.75, 3.05) is 12.5 Å². The Labute approximate surface area is 112 Å². The van der Waals surface area contributed by atoms with Crippen LogP contribution in [0.15, 0.2) is 18.3 Å². The van der Waals surface area contributed by atoms with Crippen molar-refractivity contribution in [1.82, 2.24) is 15.0 Å². The normalized spacial score (nSPS) is 10.3. The number of nitrogens with two attached hydrogens (primary N) is 1. The molecule has 0 amide bonds. The first-order chi connectivity index (χ1) is 9.19. The maximum atomic E-state index is 5.51. The van der Waals surface area contributed by atoms with E-state index in [0.29, 0.717) is 17.5 Å². The molecule has 6 nitrogen and oxygen atoms in total. The maximum absolute atomic E-state index is 5.51. The van der Waals surface area contributed by atoms with Crippen molar-refractivity contribution in [2.24, 2.45) is 5.84 Å². The molecule has 2 aromatic rings. The fourth-order valence-electron chi connectivity index (χ4n) is 1.90. The second-order valence-electron chi connectivity index (χ2n) is 4.05. The van der Waals surface area contributed by atoms with Gasteiger partial charge in [-0.15, -0.1) is 0 Å². The van der Waals surface area contributed by atoms with E-state index in [1.807, 2.05) is 19.9 Å². The first-order valence-electron chi connectivity index (χ1n) is 6.04. The highest BCUT2D eigenvalue weighted by Gasteiger charge is 2.11. The van der Waals surface area contributed by atoms with E-state index in [4.69, 9.17) is 10.6 Å². The van der Waals surface area contributed by atoms with Crippen LogP contribution in [-0.4, -0.2) is 22.1 Å². The van der Waals surface area contributed by atoms with E-state index in [1.165, 1.54) is 0 Å². The van der Waals surface area contributed by atoms with Gasteiger partial charge < -0.3 is 10.2 Å². The van der Waals surface area contributed by atoms with Crippen LogP contribution < -0.4 is 16.0 Å². The van der Waals surface area contributed by atoms with Crippen molar-refractivity contribution in [3.05, 3.63) is 29.6 Å². The molecule has 0 radical (unpaired) electrons. The summed E-state index contributed by atoms with van der Waals surface area (Å²) in [4.78, 5) is 13.1. The van der Waals surface area contributed by atoms with Crippen LogP contribution in [0.25, 0.3) is 11.4 Å². The third-order valence-electron chi connectivity index (χ3n) is 2.91.